The molecule has 0 aromatic heterocycles. The quantitative estimate of drug-likeness (QED) is 0.0211. The van der Waals surface area contributed by atoms with E-state index in [2.05, 4.69) is 220 Å². The smallest absolute Gasteiger partial charge is 0.361 e. The van der Waals surface area contributed by atoms with Crippen LogP contribution in [0.15, 0.2) is 207 Å². The monoisotopic (exact) mass is 1200 g/mol. The van der Waals surface area contributed by atoms with E-state index < -0.39 is 24.3 Å². The van der Waals surface area contributed by atoms with Crippen LogP contribution in [0.1, 0.15) is 206 Å². The Morgan fingerprint density at radius 1 is 0.345 bits per heavy atom. The molecule has 484 valence electrons. The van der Waals surface area contributed by atoms with Crippen molar-refractivity contribution in [3.8, 4) is 0 Å². The number of allylic oxidation sites excluding steroid dienone is 34. The number of carbonyl (C=O) groups excluding carboxylic acids is 2. The maximum Gasteiger partial charge on any atom is 0.361 e. The van der Waals surface area contributed by atoms with Gasteiger partial charge in [0.15, 0.2) is 6.10 Å². The van der Waals surface area contributed by atoms with Crippen LogP contribution in [-0.2, 0) is 33.3 Å². The van der Waals surface area contributed by atoms with Gasteiger partial charge in [0.1, 0.15) is 13.2 Å². The lowest BCUT2D eigenvalue weighted by molar-refractivity contribution is -0.870. The van der Waals surface area contributed by atoms with Crippen LogP contribution < -0.4 is 0 Å². The largest absolute Gasteiger partial charge is 0.477 e. The molecule has 9 heteroatoms. The minimum absolute atomic E-state index is 0.167. The van der Waals surface area contributed by atoms with Gasteiger partial charge < -0.3 is 28.5 Å². The van der Waals surface area contributed by atoms with Crippen molar-refractivity contribution < 1.29 is 42.9 Å². The van der Waals surface area contributed by atoms with E-state index in [0.29, 0.717) is 23.9 Å². The fourth-order valence-electron chi connectivity index (χ4n) is 8.02. The molecule has 0 saturated heterocycles. The van der Waals surface area contributed by atoms with E-state index in [1.807, 2.05) is 21.1 Å². The summed E-state index contributed by atoms with van der Waals surface area (Å²) < 4.78 is 22.8. The van der Waals surface area contributed by atoms with Gasteiger partial charge in [-0.2, -0.15) is 0 Å². The first-order valence-corrected chi connectivity index (χ1v) is 33.2. The summed E-state index contributed by atoms with van der Waals surface area (Å²) in [4.78, 5) is 37.5. The van der Waals surface area contributed by atoms with E-state index in [-0.39, 0.29) is 38.6 Å². The Morgan fingerprint density at radius 3 is 0.920 bits per heavy atom. The maximum atomic E-state index is 12.9. The number of esters is 2. The van der Waals surface area contributed by atoms with Crippen LogP contribution in [0, 0.1) is 0 Å². The molecule has 0 aromatic rings. The lowest BCUT2D eigenvalue weighted by Gasteiger charge is -2.25. The summed E-state index contributed by atoms with van der Waals surface area (Å²) >= 11 is 0. The van der Waals surface area contributed by atoms with Crippen molar-refractivity contribution in [2.45, 2.75) is 219 Å². The van der Waals surface area contributed by atoms with Crippen LogP contribution in [0.4, 0.5) is 0 Å². The van der Waals surface area contributed by atoms with E-state index in [0.717, 1.165) is 167 Å². The minimum atomic E-state index is -1.54. The number of carboxylic acid groups (broad SMARTS) is 1. The summed E-state index contributed by atoms with van der Waals surface area (Å²) in [7, 11) is 5.94. The number of ether oxygens (including phenoxy) is 4. The zero-order valence-corrected chi connectivity index (χ0v) is 55.1. The highest BCUT2D eigenvalue weighted by Gasteiger charge is 2.25. The molecule has 0 aromatic carbocycles. The van der Waals surface area contributed by atoms with Gasteiger partial charge in [0.2, 0.25) is 0 Å². The van der Waals surface area contributed by atoms with Crippen molar-refractivity contribution in [2.75, 3.05) is 47.5 Å². The molecule has 0 heterocycles. The number of aliphatic carboxylic acids is 1. The van der Waals surface area contributed by atoms with Gasteiger partial charge in [-0.1, -0.05) is 253 Å². The molecule has 0 spiro atoms. The molecule has 0 aliphatic carbocycles. The fraction of sp³-hybridized carbons (Fsp3) is 0.526. The third kappa shape index (κ3) is 67.2. The Hall–Kier alpha value is -6.13. The van der Waals surface area contributed by atoms with Gasteiger partial charge in [0, 0.05) is 12.8 Å². The van der Waals surface area contributed by atoms with E-state index >= 15 is 0 Å². The summed E-state index contributed by atoms with van der Waals surface area (Å²) in [6.45, 7) is 4.56. The number of hydrogen-bond acceptors (Lipinski definition) is 7. The molecule has 0 bridgehead atoms. The van der Waals surface area contributed by atoms with Crippen LogP contribution in [0.2, 0.25) is 0 Å². The second kappa shape index (κ2) is 65.8. The summed E-state index contributed by atoms with van der Waals surface area (Å²) in [5, 5.41) is 9.73. The van der Waals surface area contributed by atoms with Crippen LogP contribution in [0.5, 0.6) is 0 Å². The lowest BCUT2D eigenvalue weighted by Crippen LogP contribution is -2.40. The van der Waals surface area contributed by atoms with Gasteiger partial charge in [0.05, 0.1) is 34.4 Å². The second-order valence-corrected chi connectivity index (χ2v) is 22.3. The molecule has 0 rings (SSSR count). The number of unbranched alkanes of at least 4 members (excludes halogenated alkanes) is 9. The normalized spacial score (nSPS) is 14.1. The van der Waals surface area contributed by atoms with Crippen molar-refractivity contribution in [3.63, 3.8) is 0 Å². The molecule has 0 radical (unpaired) electrons. The molecule has 0 fully saturated rings. The van der Waals surface area contributed by atoms with Crippen LogP contribution >= 0.6 is 0 Å². The predicted octanol–water partition coefficient (Wildman–Crippen LogP) is 20.8. The topological polar surface area (TPSA) is 108 Å². The standard InChI is InChI=1S/C78H119NO8/c1-6-8-10-12-14-16-18-20-22-24-26-28-29-30-31-32-33-34-35-36-37-38-39-40-41-42-43-44-45-46-47-49-51-53-55-57-59-61-63-65-67-69-76(81)87-74(73-86-78(77(82)83)84-71-70-79(3,4)5)72-85-75(80)68-66-64-62-60-58-56-54-52-50-48-27-25-23-21-19-17-15-13-11-9-7-2/h8-11,14-17,20-23,26-28,30-31,33-34,36-37,39-40,42-43,45-46,48-49,51-52,54-55,57,74,78H,6-7,12-13,18-19,24-25,29,32,35,38,41,44,47,50,53,56,58-73H2,1-5H3/p+1/b10-8-,11-9-,16-14-,17-15-,22-20-,23-21-,28-26-,31-30-,34-33-,37-36-,40-39-,43-42-,46-45-,48-27-,51-49-,54-52-,57-55-. The Kier molecular flexibility index (Phi) is 61.2. The Labute approximate surface area is 531 Å². The van der Waals surface area contributed by atoms with Gasteiger partial charge in [-0.15, -0.1) is 0 Å². The highest BCUT2D eigenvalue weighted by atomic mass is 16.7. The molecule has 2 unspecified atom stereocenters. The molecule has 0 aliphatic rings. The van der Waals surface area contributed by atoms with Crippen molar-refractivity contribution in [1.82, 2.24) is 0 Å². The Morgan fingerprint density at radius 2 is 0.621 bits per heavy atom. The number of rotatable bonds is 58. The van der Waals surface area contributed by atoms with Gasteiger partial charge in [-0.25, -0.2) is 4.79 Å². The Balaban J connectivity index is 4.30. The minimum Gasteiger partial charge on any atom is -0.477 e. The maximum absolute atomic E-state index is 12.9. The summed E-state index contributed by atoms with van der Waals surface area (Å²) in [5.41, 5.74) is 0. The molecule has 9 nitrogen and oxygen atoms in total. The molecule has 0 saturated carbocycles. The average molecular weight is 1200 g/mol. The molecule has 0 aliphatic heterocycles. The highest BCUT2D eigenvalue weighted by molar-refractivity contribution is 5.71. The van der Waals surface area contributed by atoms with E-state index in [1.54, 1.807) is 0 Å². The highest BCUT2D eigenvalue weighted by Crippen LogP contribution is 2.13. The number of hydrogen-bond donors (Lipinski definition) is 1. The Bertz CT molecular complexity index is 2180. The van der Waals surface area contributed by atoms with Gasteiger partial charge in [-0.05, 0) is 148 Å². The van der Waals surface area contributed by atoms with Crippen molar-refractivity contribution in [2.24, 2.45) is 0 Å². The fourth-order valence-corrected chi connectivity index (χ4v) is 8.02. The first-order chi connectivity index (χ1) is 42.6. The molecular formula is C78H120NO8+. The van der Waals surface area contributed by atoms with Crippen molar-refractivity contribution in [3.05, 3.63) is 207 Å². The molecule has 0 amide bonds. The number of carboxylic acids is 1. The van der Waals surface area contributed by atoms with Crippen LogP contribution in [0.3, 0.4) is 0 Å². The lowest BCUT2D eigenvalue weighted by atomic mass is 10.1. The SMILES string of the molecule is CC/C=C\C/C=C\C/C=C\C/C=C\C/C=C\C/C=C\C/C=C\C/C=C\C/C=C\C/C=C\C/C=C\C/C=C\CCCCCCC(=O)OC(COC(=O)CCCCCCC/C=C\C/C=C\C/C=C\C/C=C\C/C=C\CC)COC(OCC[N+](C)(C)C)C(=O)O. The summed E-state index contributed by atoms with van der Waals surface area (Å²) in [5.74, 6) is -2.09. The number of carbonyl (C=O) groups is 3. The zero-order chi connectivity index (χ0) is 63.3. The van der Waals surface area contributed by atoms with Crippen LogP contribution in [-0.4, -0.2) is 87.4 Å². The second-order valence-electron chi connectivity index (χ2n) is 22.3. The summed E-state index contributed by atoms with van der Waals surface area (Å²) in [6.07, 6.45) is 101. The predicted molar refractivity (Wildman–Crippen MR) is 372 cm³/mol. The van der Waals surface area contributed by atoms with E-state index in [9.17, 15) is 19.5 Å². The van der Waals surface area contributed by atoms with E-state index in [4.69, 9.17) is 18.9 Å². The number of nitrogens with zero attached hydrogens (tertiary/aromatic N) is 1. The van der Waals surface area contributed by atoms with Crippen molar-refractivity contribution in [1.29, 1.82) is 0 Å². The van der Waals surface area contributed by atoms with Gasteiger partial charge in [0.25, 0.3) is 6.29 Å². The van der Waals surface area contributed by atoms with Crippen LogP contribution in [0.25, 0.3) is 0 Å². The third-order valence-electron chi connectivity index (χ3n) is 13.0. The average Bonchev–Trinajstić information content (AvgIpc) is 3.59. The van der Waals surface area contributed by atoms with Gasteiger partial charge >= 0.3 is 17.9 Å². The van der Waals surface area contributed by atoms with Crippen molar-refractivity contribution >= 4 is 17.9 Å². The number of quaternary nitrogens is 1. The number of likely N-dealkylation sites (N-methyl/N-ethyl adjacent to an activating group) is 1. The molecule has 87 heavy (non-hydrogen) atoms. The zero-order valence-electron chi connectivity index (χ0n) is 55.1. The van der Waals surface area contributed by atoms with Gasteiger partial charge in [-0.3, -0.25) is 9.59 Å². The third-order valence-corrected chi connectivity index (χ3v) is 13.0. The molecule has 2 atom stereocenters. The molecular weight excluding hydrogens is 1080 g/mol. The van der Waals surface area contributed by atoms with E-state index in [1.165, 1.54) is 0 Å². The first-order valence-electron chi connectivity index (χ1n) is 33.2. The first kappa shape index (κ1) is 80.9. The molecule has 1 N–H and O–H groups in total. The summed E-state index contributed by atoms with van der Waals surface area (Å²) in [6, 6.07) is 0.